The molecule has 0 aromatic carbocycles. The van der Waals surface area contributed by atoms with E-state index < -0.39 is 5.60 Å². The van der Waals surface area contributed by atoms with E-state index in [2.05, 4.69) is 20.3 Å². The molecule has 7 nitrogen and oxygen atoms in total. The summed E-state index contributed by atoms with van der Waals surface area (Å²) in [5.74, 6) is 0.582. The van der Waals surface area contributed by atoms with Gasteiger partial charge in [-0.15, -0.1) is 11.3 Å². The van der Waals surface area contributed by atoms with Crippen molar-refractivity contribution in [2.24, 2.45) is 7.05 Å². The van der Waals surface area contributed by atoms with Crippen LogP contribution in [-0.2, 0) is 12.6 Å². The van der Waals surface area contributed by atoms with Crippen LogP contribution in [0.2, 0.25) is 0 Å². The van der Waals surface area contributed by atoms with Crippen molar-refractivity contribution in [2.75, 3.05) is 11.9 Å². The molecule has 4 rings (SSSR count). The Bertz CT molecular complexity index is 912. The number of hydrogen-bond acceptors (Lipinski definition) is 7. The molecule has 0 radical (unpaired) electrons. The minimum absolute atomic E-state index is 0.232. The summed E-state index contributed by atoms with van der Waals surface area (Å²) in [6.45, 7) is 0.232. The SMILES string of the molecule is Cn1cnc2c(NCC(O)(c3ccoc3)c3cccs3)ncnc21. The van der Waals surface area contributed by atoms with E-state index in [4.69, 9.17) is 4.42 Å². The van der Waals surface area contributed by atoms with Gasteiger partial charge in [0.1, 0.15) is 17.4 Å². The summed E-state index contributed by atoms with van der Waals surface area (Å²) in [5.41, 5.74) is 0.868. The molecular formula is C16H15N5O2S. The quantitative estimate of drug-likeness (QED) is 0.579. The highest BCUT2D eigenvalue weighted by molar-refractivity contribution is 7.10. The van der Waals surface area contributed by atoms with Gasteiger partial charge in [-0.05, 0) is 17.5 Å². The lowest BCUT2D eigenvalue weighted by atomic mass is 9.94. The fourth-order valence-corrected chi connectivity index (χ4v) is 3.48. The van der Waals surface area contributed by atoms with Crippen molar-refractivity contribution in [1.82, 2.24) is 19.5 Å². The maximum absolute atomic E-state index is 11.3. The number of fused-ring (bicyclic) bond motifs is 1. The van der Waals surface area contributed by atoms with Crippen LogP contribution >= 0.6 is 11.3 Å². The normalized spacial score (nSPS) is 13.9. The van der Waals surface area contributed by atoms with E-state index in [-0.39, 0.29) is 6.54 Å². The van der Waals surface area contributed by atoms with Crippen LogP contribution in [0.25, 0.3) is 11.2 Å². The van der Waals surface area contributed by atoms with Gasteiger partial charge < -0.3 is 19.4 Å². The molecule has 0 amide bonds. The van der Waals surface area contributed by atoms with Gasteiger partial charge in [-0.2, -0.15) is 0 Å². The molecule has 0 spiro atoms. The average molecular weight is 341 g/mol. The van der Waals surface area contributed by atoms with Crippen LogP contribution in [-0.4, -0.2) is 31.2 Å². The smallest absolute Gasteiger partial charge is 0.165 e. The van der Waals surface area contributed by atoms with Gasteiger partial charge in [-0.1, -0.05) is 6.07 Å². The fraction of sp³-hybridized carbons (Fsp3) is 0.188. The van der Waals surface area contributed by atoms with Crippen molar-refractivity contribution >= 4 is 28.3 Å². The maximum Gasteiger partial charge on any atom is 0.165 e. The van der Waals surface area contributed by atoms with Gasteiger partial charge in [-0.3, -0.25) is 0 Å². The number of imidazole rings is 1. The molecule has 1 atom stereocenters. The molecule has 4 aromatic heterocycles. The Balaban J connectivity index is 1.69. The van der Waals surface area contributed by atoms with Crippen LogP contribution in [0.1, 0.15) is 10.4 Å². The lowest BCUT2D eigenvalue weighted by Crippen LogP contribution is -2.34. The predicted octanol–water partition coefficient (Wildman–Crippen LogP) is 2.37. The van der Waals surface area contributed by atoms with Gasteiger partial charge in [0.15, 0.2) is 11.5 Å². The summed E-state index contributed by atoms with van der Waals surface area (Å²) in [6, 6.07) is 5.57. The summed E-state index contributed by atoms with van der Waals surface area (Å²) in [4.78, 5) is 13.6. The van der Waals surface area contributed by atoms with Crippen LogP contribution in [0, 0.1) is 0 Å². The largest absolute Gasteiger partial charge is 0.472 e. The number of nitrogens with one attached hydrogen (secondary N) is 1. The molecule has 0 bridgehead atoms. The molecule has 0 aliphatic heterocycles. The molecule has 2 N–H and O–H groups in total. The van der Waals surface area contributed by atoms with Crippen molar-refractivity contribution in [3.8, 4) is 0 Å². The minimum Gasteiger partial charge on any atom is -0.472 e. The Labute approximate surface area is 141 Å². The van der Waals surface area contributed by atoms with Gasteiger partial charge in [0.25, 0.3) is 0 Å². The predicted molar refractivity (Wildman–Crippen MR) is 90.8 cm³/mol. The van der Waals surface area contributed by atoms with Crippen molar-refractivity contribution in [3.63, 3.8) is 0 Å². The van der Waals surface area contributed by atoms with Crippen molar-refractivity contribution in [1.29, 1.82) is 0 Å². The second kappa shape index (κ2) is 5.73. The maximum atomic E-state index is 11.3. The second-order valence-electron chi connectivity index (χ2n) is 5.45. The Morgan fingerprint density at radius 3 is 3.00 bits per heavy atom. The van der Waals surface area contributed by atoms with Gasteiger partial charge in [-0.25, -0.2) is 15.0 Å². The first-order chi connectivity index (χ1) is 11.7. The lowest BCUT2D eigenvalue weighted by Gasteiger charge is -2.26. The van der Waals surface area contributed by atoms with Crippen LogP contribution in [0.15, 0.2) is 53.2 Å². The van der Waals surface area contributed by atoms with Gasteiger partial charge in [0.2, 0.25) is 0 Å². The second-order valence-corrected chi connectivity index (χ2v) is 6.40. The van der Waals surface area contributed by atoms with Crippen molar-refractivity contribution < 1.29 is 9.52 Å². The molecule has 122 valence electrons. The van der Waals surface area contributed by atoms with Crippen LogP contribution in [0.4, 0.5) is 5.82 Å². The number of rotatable bonds is 5. The molecule has 24 heavy (non-hydrogen) atoms. The summed E-state index contributed by atoms with van der Waals surface area (Å²) in [6.07, 6.45) is 6.27. The topological polar surface area (TPSA) is 89.0 Å². The van der Waals surface area contributed by atoms with Crippen LogP contribution in [0.3, 0.4) is 0 Å². The zero-order valence-corrected chi connectivity index (χ0v) is 13.7. The highest BCUT2D eigenvalue weighted by atomic mass is 32.1. The number of aryl methyl sites for hydroxylation is 1. The van der Waals surface area contributed by atoms with Gasteiger partial charge >= 0.3 is 0 Å². The molecule has 8 heteroatoms. The van der Waals surface area contributed by atoms with E-state index in [1.54, 1.807) is 24.9 Å². The third-order valence-corrected chi connectivity index (χ3v) is 4.96. The van der Waals surface area contributed by atoms with E-state index >= 15 is 0 Å². The first kappa shape index (κ1) is 14.9. The monoisotopic (exact) mass is 341 g/mol. The molecule has 0 aliphatic carbocycles. The Morgan fingerprint density at radius 2 is 2.25 bits per heavy atom. The van der Waals surface area contributed by atoms with Crippen molar-refractivity contribution in [3.05, 3.63) is 59.2 Å². The molecule has 4 aromatic rings. The summed E-state index contributed by atoms with van der Waals surface area (Å²) >= 11 is 1.49. The van der Waals surface area contributed by atoms with E-state index in [0.29, 0.717) is 16.9 Å². The number of aromatic nitrogens is 4. The number of hydrogen-bond donors (Lipinski definition) is 2. The Kier molecular flexibility index (Phi) is 3.55. The summed E-state index contributed by atoms with van der Waals surface area (Å²) in [7, 11) is 1.87. The summed E-state index contributed by atoms with van der Waals surface area (Å²) in [5, 5.41) is 16.4. The van der Waals surface area contributed by atoms with Crippen molar-refractivity contribution in [2.45, 2.75) is 5.60 Å². The minimum atomic E-state index is -1.22. The highest BCUT2D eigenvalue weighted by Crippen LogP contribution is 2.33. The number of thiophene rings is 1. The van der Waals surface area contributed by atoms with E-state index in [9.17, 15) is 5.11 Å². The third kappa shape index (κ3) is 2.36. The fourth-order valence-electron chi connectivity index (χ4n) is 2.63. The summed E-state index contributed by atoms with van der Waals surface area (Å²) < 4.78 is 6.98. The number of furan rings is 1. The van der Waals surface area contributed by atoms with E-state index in [1.807, 2.05) is 29.1 Å². The Hall–Kier alpha value is -2.71. The van der Waals surface area contributed by atoms with E-state index in [0.717, 1.165) is 10.5 Å². The average Bonchev–Trinajstić information content (AvgIpc) is 3.34. The molecule has 0 saturated heterocycles. The zero-order chi connectivity index (χ0) is 16.6. The molecule has 0 aliphatic rings. The van der Waals surface area contributed by atoms with Crippen LogP contribution in [0.5, 0.6) is 0 Å². The van der Waals surface area contributed by atoms with Gasteiger partial charge in [0.05, 0.1) is 25.4 Å². The van der Waals surface area contributed by atoms with Crippen LogP contribution < -0.4 is 5.32 Å². The number of nitrogens with zero attached hydrogens (tertiary/aromatic N) is 4. The molecule has 0 saturated carbocycles. The highest BCUT2D eigenvalue weighted by Gasteiger charge is 2.34. The molecule has 1 unspecified atom stereocenters. The van der Waals surface area contributed by atoms with Gasteiger partial charge in [0, 0.05) is 17.5 Å². The number of anilines is 1. The molecule has 4 heterocycles. The third-order valence-electron chi connectivity index (χ3n) is 3.94. The first-order valence-electron chi connectivity index (χ1n) is 7.33. The first-order valence-corrected chi connectivity index (χ1v) is 8.21. The zero-order valence-electron chi connectivity index (χ0n) is 12.9. The lowest BCUT2D eigenvalue weighted by molar-refractivity contribution is 0.0981. The number of aliphatic hydroxyl groups is 1. The van der Waals surface area contributed by atoms with E-state index in [1.165, 1.54) is 17.7 Å². The standard InChI is InChI=1S/C16H15N5O2S/c1-21-10-20-13-14(18-9-19-15(13)21)17-8-16(22,11-4-5-23-7-11)12-3-2-6-24-12/h2-7,9-10,22H,8H2,1H3,(H,17,18,19). The molecule has 0 fully saturated rings. The Morgan fingerprint density at radius 1 is 1.33 bits per heavy atom. The molecular weight excluding hydrogens is 326 g/mol.